The summed E-state index contributed by atoms with van der Waals surface area (Å²) in [5, 5.41) is 3.01. The third-order valence-electron chi connectivity index (χ3n) is 4.67. The van der Waals surface area contributed by atoms with Crippen molar-refractivity contribution in [3.05, 3.63) is 65.4 Å². The number of nitrogens with one attached hydrogen (secondary N) is 1. The van der Waals surface area contributed by atoms with Crippen LogP contribution in [0.2, 0.25) is 0 Å². The number of amides is 1. The standard InChI is InChI=1S/C22H26N2O2/c1-22(2,3)16-10-8-15(9-11-16)18(14-17-12-13-20(25)23-17)19-6-5-7-21(24-19)26-4/h5-11,14,17H,12-13H2,1-4H3,(H,23,25)/t17-/m1/s1. The van der Waals surface area contributed by atoms with Crippen molar-refractivity contribution in [3.8, 4) is 5.88 Å². The maximum atomic E-state index is 11.6. The van der Waals surface area contributed by atoms with E-state index in [0.29, 0.717) is 12.3 Å². The molecule has 0 spiro atoms. The molecule has 4 nitrogen and oxygen atoms in total. The molecule has 1 aromatic carbocycles. The number of carbonyl (C=O) groups excluding carboxylic acids is 1. The zero-order valence-corrected chi connectivity index (χ0v) is 15.9. The van der Waals surface area contributed by atoms with Crippen LogP contribution in [0.4, 0.5) is 0 Å². The highest BCUT2D eigenvalue weighted by atomic mass is 16.5. The number of carbonyl (C=O) groups is 1. The van der Waals surface area contributed by atoms with Crippen LogP contribution in [-0.2, 0) is 10.2 Å². The highest BCUT2D eigenvalue weighted by Gasteiger charge is 2.21. The number of pyridine rings is 1. The first-order valence-corrected chi connectivity index (χ1v) is 9.00. The second kappa shape index (κ2) is 7.32. The highest BCUT2D eigenvalue weighted by molar-refractivity contribution is 5.82. The average Bonchev–Trinajstić information content (AvgIpc) is 3.04. The van der Waals surface area contributed by atoms with Crippen molar-refractivity contribution in [2.45, 2.75) is 45.1 Å². The Kier molecular flexibility index (Phi) is 5.12. The Balaban J connectivity index is 2.02. The van der Waals surface area contributed by atoms with E-state index in [2.05, 4.69) is 61.4 Å². The molecule has 0 bridgehead atoms. The molecule has 1 amide bonds. The molecule has 0 saturated carbocycles. The summed E-state index contributed by atoms with van der Waals surface area (Å²) in [5.41, 5.74) is 4.33. The Labute approximate surface area is 155 Å². The molecule has 26 heavy (non-hydrogen) atoms. The minimum Gasteiger partial charge on any atom is -0.481 e. The maximum absolute atomic E-state index is 11.6. The molecule has 1 saturated heterocycles. The van der Waals surface area contributed by atoms with E-state index >= 15 is 0 Å². The second-order valence-electron chi connectivity index (χ2n) is 7.69. The summed E-state index contributed by atoms with van der Waals surface area (Å²) in [5.74, 6) is 0.683. The van der Waals surface area contributed by atoms with E-state index < -0.39 is 0 Å². The number of ether oxygens (including phenoxy) is 1. The lowest BCUT2D eigenvalue weighted by atomic mass is 9.86. The lowest BCUT2D eigenvalue weighted by molar-refractivity contribution is -0.119. The molecule has 0 unspecified atom stereocenters. The number of hydrogen-bond acceptors (Lipinski definition) is 3. The molecule has 3 rings (SSSR count). The zero-order valence-electron chi connectivity index (χ0n) is 15.9. The van der Waals surface area contributed by atoms with Crippen molar-refractivity contribution in [2.24, 2.45) is 0 Å². The van der Waals surface area contributed by atoms with E-state index in [1.165, 1.54) is 5.56 Å². The van der Waals surface area contributed by atoms with Crippen molar-refractivity contribution in [3.63, 3.8) is 0 Å². The van der Waals surface area contributed by atoms with Gasteiger partial charge >= 0.3 is 0 Å². The quantitative estimate of drug-likeness (QED) is 0.903. The van der Waals surface area contributed by atoms with Crippen LogP contribution in [-0.4, -0.2) is 24.0 Å². The van der Waals surface area contributed by atoms with Crippen molar-refractivity contribution in [1.29, 1.82) is 0 Å². The van der Waals surface area contributed by atoms with Gasteiger partial charge in [0, 0.05) is 24.1 Å². The van der Waals surface area contributed by atoms with Gasteiger partial charge in [0.25, 0.3) is 0 Å². The molecule has 1 atom stereocenters. The fourth-order valence-electron chi connectivity index (χ4n) is 3.12. The van der Waals surface area contributed by atoms with Crippen LogP contribution in [0.15, 0.2) is 48.5 Å². The van der Waals surface area contributed by atoms with Gasteiger partial charge in [-0.1, -0.05) is 57.2 Å². The third kappa shape index (κ3) is 4.13. The van der Waals surface area contributed by atoms with Crippen LogP contribution in [0, 0.1) is 0 Å². The average molecular weight is 350 g/mol. The number of methoxy groups -OCH3 is 1. The summed E-state index contributed by atoms with van der Waals surface area (Å²) in [7, 11) is 1.62. The van der Waals surface area contributed by atoms with Crippen molar-refractivity contribution < 1.29 is 9.53 Å². The maximum Gasteiger partial charge on any atom is 0.220 e. The number of benzene rings is 1. The van der Waals surface area contributed by atoms with Crippen LogP contribution >= 0.6 is 0 Å². The Morgan fingerprint density at radius 2 is 1.92 bits per heavy atom. The van der Waals surface area contributed by atoms with Gasteiger partial charge in [-0.3, -0.25) is 4.79 Å². The molecule has 1 aliphatic heterocycles. The summed E-state index contributed by atoms with van der Waals surface area (Å²) in [6, 6.07) is 14.4. The van der Waals surface area contributed by atoms with Crippen molar-refractivity contribution >= 4 is 11.5 Å². The zero-order chi connectivity index (χ0) is 18.7. The summed E-state index contributed by atoms with van der Waals surface area (Å²) < 4.78 is 5.28. The van der Waals surface area contributed by atoms with Gasteiger partial charge in [0.2, 0.25) is 11.8 Å². The van der Waals surface area contributed by atoms with E-state index in [1.54, 1.807) is 7.11 Å². The van der Waals surface area contributed by atoms with Crippen LogP contribution in [0.3, 0.4) is 0 Å². The van der Waals surface area contributed by atoms with Gasteiger partial charge in [-0.05, 0) is 29.0 Å². The van der Waals surface area contributed by atoms with E-state index in [1.807, 2.05) is 18.2 Å². The van der Waals surface area contributed by atoms with Gasteiger partial charge < -0.3 is 10.1 Å². The Morgan fingerprint density at radius 3 is 2.50 bits per heavy atom. The fraction of sp³-hybridized carbons (Fsp3) is 0.364. The summed E-state index contributed by atoms with van der Waals surface area (Å²) in [4.78, 5) is 16.2. The molecule has 0 radical (unpaired) electrons. The fourth-order valence-corrected chi connectivity index (χ4v) is 3.12. The van der Waals surface area contributed by atoms with Crippen LogP contribution in [0.5, 0.6) is 5.88 Å². The molecule has 1 aliphatic rings. The SMILES string of the molecule is COc1cccc(C(=C[C@H]2CCC(=O)N2)c2ccc(C(C)(C)C)cc2)n1. The first-order valence-electron chi connectivity index (χ1n) is 9.00. The van der Waals surface area contributed by atoms with Gasteiger partial charge in [0.1, 0.15) is 0 Å². The largest absolute Gasteiger partial charge is 0.481 e. The molecular weight excluding hydrogens is 324 g/mol. The summed E-state index contributed by atoms with van der Waals surface area (Å²) in [6.45, 7) is 6.61. The Morgan fingerprint density at radius 1 is 1.19 bits per heavy atom. The number of nitrogens with zero attached hydrogens (tertiary/aromatic N) is 1. The first-order chi connectivity index (χ1) is 12.4. The normalized spacial score (nSPS) is 17.9. The minimum absolute atomic E-state index is 0.0350. The second-order valence-corrected chi connectivity index (χ2v) is 7.69. The minimum atomic E-state index is 0.0350. The number of hydrogen-bond donors (Lipinski definition) is 1. The lowest BCUT2D eigenvalue weighted by Crippen LogP contribution is -2.23. The van der Waals surface area contributed by atoms with E-state index in [0.717, 1.165) is 23.3 Å². The molecular formula is C22H26N2O2. The molecule has 2 heterocycles. The van der Waals surface area contributed by atoms with Gasteiger partial charge in [-0.2, -0.15) is 0 Å². The Bertz CT molecular complexity index is 817. The predicted molar refractivity (Wildman–Crippen MR) is 104 cm³/mol. The van der Waals surface area contributed by atoms with E-state index in [9.17, 15) is 4.79 Å². The smallest absolute Gasteiger partial charge is 0.220 e. The van der Waals surface area contributed by atoms with Crippen LogP contribution in [0.25, 0.3) is 5.57 Å². The number of rotatable bonds is 4. The monoisotopic (exact) mass is 350 g/mol. The molecule has 136 valence electrons. The molecule has 1 fully saturated rings. The van der Waals surface area contributed by atoms with Gasteiger partial charge in [0.05, 0.1) is 12.8 Å². The summed E-state index contributed by atoms with van der Waals surface area (Å²) in [6.07, 6.45) is 3.49. The summed E-state index contributed by atoms with van der Waals surface area (Å²) >= 11 is 0. The molecule has 1 N–H and O–H groups in total. The topological polar surface area (TPSA) is 51.2 Å². The lowest BCUT2D eigenvalue weighted by Gasteiger charge is -2.20. The number of aromatic nitrogens is 1. The van der Waals surface area contributed by atoms with Gasteiger partial charge in [0.15, 0.2) is 0 Å². The van der Waals surface area contributed by atoms with E-state index in [-0.39, 0.29) is 17.4 Å². The van der Waals surface area contributed by atoms with Gasteiger partial charge in [-0.25, -0.2) is 4.98 Å². The van der Waals surface area contributed by atoms with Crippen molar-refractivity contribution in [1.82, 2.24) is 10.3 Å². The van der Waals surface area contributed by atoms with Crippen molar-refractivity contribution in [2.75, 3.05) is 7.11 Å². The molecule has 0 aliphatic carbocycles. The molecule has 1 aromatic heterocycles. The Hall–Kier alpha value is -2.62. The van der Waals surface area contributed by atoms with Crippen LogP contribution in [0.1, 0.15) is 50.4 Å². The molecule has 4 heteroatoms. The highest BCUT2D eigenvalue weighted by Crippen LogP contribution is 2.29. The first kappa shape index (κ1) is 18.2. The third-order valence-corrected chi connectivity index (χ3v) is 4.67. The van der Waals surface area contributed by atoms with Crippen LogP contribution < -0.4 is 10.1 Å². The predicted octanol–water partition coefficient (Wildman–Crippen LogP) is 4.10. The van der Waals surface area contributed by atoms with Gasteiger partial charge in [-0.15, -0.1) is 0 Å². The molecule has 2 aromatic rings. The van der Waals surface area contributed by atoms with E-state index in [4.69, 9.17) is 4.74 Å².